The van der Waals surface area contributed by atoms with Gasteiger partial charge in [0.25, 0.3) is 5.91 Å². The molecule has 0 fully saturated rings. The Morgan fingerprint density at radius 1 is 1.27 bits per heavy atom. The number of rotatable bonds is 3. The summed E-state index contributed by atoms with van der Waals surface area (Å²) in [7, 11) is 5.00. The lowest BCUT2D eigenvalue weighted by Gasteiger charge is -2.30. The number of benzene rings is 1. The third-order valence-electron chi connectivity index (χ3n) is 2.55. The van der Waals surface area contributed by atoms with Gasteiger partial charge in [0.2, 0.25) is 0 Å². The van der Waals surface area contributed by atoms with Crippen LogP contribution >= 0.6 is 0 Å². The highest BCUT2D eigenvalue weighted by atomic mass is 16.5. The Bertz CT molecular complexity index is 335. The molecule has 0 bridgehead atoms. The van der Waals surface area contributed by atoms with Crippen LogP contribution < -0.4 is 0 Å². The third-order valence-corrected chi connectivity index (χ3v) is 2.55. The minimum Gasteiger partial charge on any atom is -0.364 e. The molecule has 1 rings (SSSR count). The fraction of sp³-hybridized carbons (Fsp3) is 0.417. The highest BCUT2D eigenvalue weighted by molar-refractivity contribution is 5.85. The quantitative estimate of drug-likeness (QED) is 0.754. The zero-order valence-electron chi connectivity index (χ0n) is 9.65. The Kier molecular flexibility index (Phi) is 3.48. The van der Waals surface area contributed by atoms with Crippen LogP contribution in [0.1, 0.15) is 12.5 Å². The molecule has 1 atom stereocenters. The first-order valence-electron chi connectivity index (χ1n) is 4.85. The zero-order chi connectivity index (χ0) is 11.5. The smallest absolute Gasteiger partial charge is 0.258 e. The topological polar surface area (TPSA) is 29.5 Å². The monoisotopic (exact) mass is 207 g/mol. The van der Waals surface area contributed by atoms with Gasteiger partial charge < -0.3 is 9.64 Å². The van der Waals surface area contributed by atoms with E-state index in [0.717, 1.165) is 5.56 Å². The van der Waals surface area contributed by atoms with Gasteiger partial charge in [0, 0.05) is 21.2 Å². The predicted octanol–water partition coefficient (Wildman–Crippen LogP) is 1.64. The molecule has 0 heterocycles. The molecule has 0 aliphatic carbocycles. The molecule has 82 valence electrons. The van der Waals surface area contributed by atoms with E-state index in [-0.39, 0.29) is 5.91 Å². The van der Waals surface area contributed by atoms with Crippen molar-refractivity contribution in [1.29, 1.82) is 0 Å². The minimum absolute atomic E-state index is 0.0591. The van der Waals surface area contributed by atoms with Gasteiger partial charge in [-0.15, -0.1) is 0 Å². The molecule has 0 spiro atoms. The number of hydrogen-bond acceptors (Lipinski definition) is 2. The highest BCUT2D eigenvalue weighted by Gasteiger charge is 2.36. The first-order valence-corrected chi connectivity index (χ1v) is 4.85. The van der Waals surface area contributed by atoms with E-state index in [2.05, 4.69) is 0 Å². The van der Waals surface area contributed by atoms with Gasteiger partial charge in [-0.25, -0.2) is 0 Å². The van der Waals surface area contributed by atoms with Gasteiger partial charge in [-0.2, -0.15) is 0 Å². The van der Waals surface area contributed by atoms with E-state index in [4.69, 9.17) is 4.74 Å². The molecule has 0 aromatic heterocycles. The Labute approximate surface area is 90.7 Å². The zero-order valence-corrected chi connectivity index (χ0v) is 9.65. The van der Waals surface area contributed by atoms with Crippen molar-refractivity contribution in [3.63, 3.8) is 0 Å². The molecule has 15 heavy (non-hydrogen) atoms. The summed E-state index contributed by atoms with van der Waals surface area (Å²) in [6.45, 7) is 1.78. The molecule has 1 amide bonds. The van der Waals surface area contributed by atoms with Crippen LogP contribution in [-0.2, 0) is 15.1 Å². The van der Waals surface area contributed by atoms with Crippen LogP contribution in [0.15, 0.2) is 30.3 Å². The van der Waals surface area contributed by atoms with E-state index in [1.807, 2.05) is 30.3 Å². The molecule has 3 heteroatoms. The van der Waals surface area contributed by atoms with Gasteiger partial charge in [0.15, 0.2) is 5.60 Å². The van der Waals surface area contributed by atoms with Crippen LogP contribution in [0.25, 0.3) is 0 Å². The summed E-state index contributed by atoms with van der Waals surface area (Å²) in [5.41, 5.74) is -0.0312. The van der Waals surface area contributed by atoms with Crippen molar-refractivity contribution in [2.24, 2.45) is 0 Å². The fourth-order valence-corrected chi connectivity index (χ4v) is 1.51. The van der Waals surface area contributed by atoms with Crippen LogP contribution in [0.4, 0.5) is 0 Å². The number of methoxy groups -OCH3 is 1. The van der Waals surface area contributed by atoms with Crippen LogP contribution in [0, 0.1) is 0 Å². The number of likely N-dealkylation sites (N-methyl/N-ethyl adjacent to an activating group) is 1. The number of amides is 1. The summed E-state index contributed by atoms with van der Waals surface area (Å²) in [5, 5.41) is 0. The molecule has 0 N–H and O–H groups in total. The molecule has 0 radical (unpaired) electrons. The van der Waals surface area contributed by atoms with E-state index in [1.165, 1.54) is 4.90 Å². The molecule has 0 saturated carbocycles. The van der Waals surface area contributed by atoms with Crippen LogP contribution in [-0.4, -0.2) is 32.0 Å². The first kappa shape index (κ1) is 11.7. The molecule has 0 aliphatic heterocycles. The summed E-state index contributed by atoms with van der Waals surface area (Å²) in [6, 6.07) is 9.50. The summed E-state index contributed by atoms with van der Waals surface area (Å²) in [4.78, 5) is 13.5. The standard InChI is InChI=1S/C12H17NO2/c1-12(15-4,11(14)13(2)3)10-8-6-5-7-9-10/h5-9H,1-4H3/t12-/m0/s1. The van der Waals surface area contributed by atoms with E-state index in [9.17, 15) is 4.79 Å². The van der Waals surface area contributed by atoms with Gasteiger partial charge in [-0.05, 0) is 12.5 Å². The van der Waals surface area contributed by atoms with E-state index in [0.29, 0.717) is 0 Å². The van der Waals surface area contributed by atoms with Gasteiger partial charge >= 0.3 is 0 Å². The molecule has 0 unspecified atom stereocenters. The van der Waals surface area contributed by atoms with Crippen molar-refractivity contribution in [2.75, 3.05) is 21.2 Å². The minimum atomic E-state index is -0.898. The number of nitrogens with zero attached hydrogens (tertiary/aromatic N) is 1. The first-order chi connectivity index (χ1) is 7.02. The number of carbonyl (C=O) groups is 1. The number of carbonyl (C=O) groups excluding carboxylic acids is 1. The largest absolute Gasteiger partial charge is 0.364 e. The van der Waals surface area contributed by atoms with E-state index in [1.54, 1.807) is 28.1 Å². The average molecular weight is 207 g/mol. The maximum absolute atomic E-state index is 12.0. The lowest BCUT2D eigenvalue weighted by atomic mass is 9.94. The predicted molar refractivity (Wildman–Crippen MR) is 59.5 cm³/mol. The van der Waals surface area contributed by atoms with E-state index >= 15 is 0 Å². The van der Waals surface area contributed by atoms with Crippen molar-refractivity contribution in [3.8, 4) is 0 Å². The highest BCUT2D eigenvalue weighted by Crippen LogP contribution is 2.26. The molecule has 1 aromatic carbocycles. The van der Waals surface area contributed by atoms with Crippen molar-refractivity contribution in [3.05, 3.63) is 35.9 Å². The molecular weight excluding hydrogens is 190 g/mol. The van der Waals surface area contributed by atoms with Crippen LogP contribution in [0.5, 0.6) is 0 Å². The Morgan fingerprint density at radius 2 is 1.80 bits per heavy atom. The fourth-order valence-electron chi connectivity index (χ4n) is 1.51. The summed E-state index contributed by atoms with van der Waals surface area (Å²) < 4.78 is 5.36. The summed E-state index contributed by atoms with van der Waals surface area (Å²) in [5.74, 6) is -0.0591. The van der Waals surface area contributed by atoms with Crippen molar-refractivity contribution >= 4 is 5.91 Å². The van der Waals surface area contributed by atoms with Crippen LogP contribution in [0.3, 0.4) is 0 Å². The van der Waals surface area contributed by atoms with Crippen LogP contribution in [0.2, 0.25) is 0 Å². The van der Waals surface area contributed by atoms with Gasteiger partial charge in [-0.1, -0.05) is 30.3 Å². The molecule has 0 aliphatic rings. The van der Waals surface area contributed by atoms with Crippen molar-refractivity contribution < 1.29 is 9.53 Å². The molecule has 1 aromatic rings. The maximum Gasteiger partial charge on any atom is 0.258 e. The number of ether oxygens (including phenoxy) is 1. The average Bonchev–Trinajstić information content (AvgIpc) is 2.28. The van der Waals surface area contributed by atoms with Crippen molar-refractivity contribution in [1.82, 2.24) is 4.90 Å². The Morgan fingerprint density at radius 3 is 2.20 bits per heavy atom. The second kappa shape index (κ2) is 4.45. The SMILES string of the molecule is CO[C@](C)(C(=O)N(C)C)c1ccccc1. The lowest BCUT2D eigenvalue weighted by molar-refractivity contribution is -0.151. The van der Waals surface area contributed by atoms with Gasteiger partial charge in [0.1, 0.15) is 0 Å². The Hall–Kier alpha value is -1.35. The van der Waals surface area contributed by atoms with E-state index < -0.39 is 5.60 Å². The van der Waals surface area contributed by atoms with Gasteiger partial charge in [0.05, 0.1) is 0 Å². The normalized spacial score (nSPS) is 14.4. The second-order valence-electron chi connectivity index (χ2n) is 3.80. The molecule has 3 nitrogen and oxygen atoms in total. The Balaban J connectivity index is 3.11. The molecular formula is C12H17NO2. The summed E-state index contributed by atoms with van der Waals surface area (Å²) in [6.07, 6.45) is 0. The summed E-state index contributed by atoms with van der Waals surface area (Å²) >= 11 is 0. The maximum atomic E-state index is 12.0. The molecule has 0 saturated heterocycles. The third kappa shape index (κ3) is 2.18. The second-order valence-corrected chi connectivity index (χ2v) is 3.80. The lowest BCUT2D eigenvalue weighted by Crippen LogP contribution is -2.42. The number of hydrogen-bond donors (Lipinski definition) is 0. The van der Waals surface area contributed by atoms with Crippen molar-refractivity contribution in [2.45, 2.75) is 12.5 Å². The van der Waals surface area contributed by atoms with Gasteiger partial charge in [-0.3, -0.25) is 4.79 Å².